The van der Waals surface area contributed by atoms with E-state index in [0.29, 0.717) is 0 Å². The Morgan fingerprint density at radius 1 is 1.42 bits per heavy atom. The van der Waals surface area contributed by atoms with Crippen molar-refractivity contribution in [1.82, 2.24) is 24.9 Å². The number of fused-ring (bicyclic) bond motifs is 1. The van der Waals surface area contributed by atoms with Gasteiger partial charge in [-0.2, -0.15) is 0 Å². The molecule has 26 heavy (non-hydrogen) atoms. The average Bonchev–Trinajstić information content (AvgIpc) is 3.32. The minimum absolute atomic E-state index is 0.0225. The lowest BCUT2D eigenvalue weighted by atomic mass is 9.91. The van der Waals surface area contributed by atoms with Crippen LogP contribution in [0.2, 0.25) is 0 Å². The summed E-state index contributed by atoms with van der Waals surface area (Å²) in [5, 5.41) is 11.4. The van der Waals surface area contributed by atoms with E-state index in [9.17, 15) is 4.79 Å². The molecule has 3 heterocycles. The average molecular weight is 351 g/mol. The number of furan rings is 1. The van der Waals surface area contributed by atoms with Crippen LogP contribution in [0.5, 0.6) is 0 Å². The Labute approximate surface area is 151 Å². The summed E-state index contributed by atoms with van der Waals surface area (Å²) in [7, 11) is 0. The van der Waals surface area contributed by atoms with Crippen LogP contribution in [0.15, 0.2) is 41.4 Å². The molecule has 1 aliphatic rings. The normalized spacial score (nSPS) is 17.3. The lowest BCUT2D eigenvalue weighted by Crippen LogP contribution is -2.33. The summed E-state index contributed by atoms with van der Waals surface area (Å²) in [6, 6.07) is 4.07. The maximum Gasteiger partial charge on any atom is 0.217 e. The molecule has 1 atom stereocenters. The Kier molecular flexibility index (Phi) is 4.51. The fourth-order valence-electron chi connectivity index (χ4n) is 3.47. The summed E-state index contributed by atoms with van der Waals surface area (Å²) in [4.78, 5) is 15.9. The summed E-state index contributed by atoms with van der Waals surface area (Å²) >= 11 is 0. The second kappa shape index (κ2) is 7.11. The van der Waals surface area contributed by atoms with Gasteiger partial charge < -0.3 is 9.73 Å². The zero-order chi connectivity index (χ0) is 17.9. The first kappa shape index (κ1) is 16.5. The van der Waals surface area contributed by atoms with Gasteiger partial charge in [-0.05, 0) is 37.0 Å². The third-order valence-corrected chi connectivity index (χ3v) is 4.75. The topological polar surface area (TPSA) is 85.3 Å². The molecule has 134 valence electrons. The van der Waals surface area contributed by atoms with Gasteiger partial charge in [0, 0.05) is 37.6 Å². The molecule has 7 heteroatoms. The van der Waals surface area contributed by atoms with E-state index in [1.807, 2.05) is 22.7 Å². The first-order valence-electron chi connectivity index (χ1n) is 8.87. The molecular formula is C19H21N5O2. The van der Waals surface area contributed by atoms with Crippen molar-refractivity contribution in [1.29, 1.82) is 0 Å². The van der Waals surface area contributed by atoms with Gasteiger partial charge in [-0.1, -0.05) is 6.08 Å². The molecule has 0 fully saturated rings. The van der Waals surface area contributed by atoms with Crippen molar-refractivity contribution in [3.63, 3.8) is 0 Å². The van der Waals surface area contributed by atoms with E-state index >= 15 is 0 Å². The fraction of sp³-hybridized carbons (Fsp3) is 0.368. The van der Waals surface area contributed by atoms with E-state index in [0.717, 1.165) is 54.9 Å². The summed E-state index contributed by atoms with van der Waals surface area (Å²) in [5.41, 5.74) is 3.07. The summed E-state index contributed by atoms with van der Waals surface area (Å²) in [6.07, 6.45) is 11.7. The fourth-order valence-corrected chi connectivity index (χ4v) is 3.47. The number of rotatable bonds is 5. The third-order valence-electron chi connectivity index (χ3n) is 4.75. The molecule has 0 spiro atoms. The van der Waals surface area contributed by atoms with Crippen LogP contribution in [0.3, 0.4) is 0 Å². The van der Waals surface area contributed by atoms with E-state index in [1.54, 1.807) is 19.5 Å². The number of carbonyl (C=O) groups excluding carboxylic acids is 1. The Morgan fingerprint density at radius 3 is 3.08 bits per heavy atom. The lowest BCUT2D eigenvalue weighted by Gasteiger charge is -2.22. The molecule has 0 saturated carbocycles. The molecule has 0 aromatic carbocycles. The SMILES string of the molecule is CC(=O)NC1CC=C(c2cnc(CCc3ccco3)n3cnnc23)CC1. The lowest BCUT2D eigenvalue weighted by molar-refractivity contribution is -0.119. The number of aromatic nitrogens is 4. The van der Waals surface area contributed by atoms with Gasteiger partial charge in [0.25, 0.3) is 0 Å². The molecule has 0 saturated heterocycles. The number of hydrogen-bond donors (Lipinski definition) is 1. The van der Waals surface area contributed by atoms with Gasteiger partial charge >= 0.3 is 0 Å². The molecule has 0 aliphatic heterocycles. The smallest absolute Gasteiger partial charge is 0.217 e. The van der Waals surface area contributed by atoms with Crippen LogP contribution in [0.4, 0.5) is 0 Å². The molecule has 1 N–H and O–H groups in total. The van der Waals surface area contributed by atoms with Gasteiger partial charge in [0.05, 0.1) is 6.26 Å². The van der Waals surface area contributed by atoms with Crippen LogP contribution in [0, 0.1) is 0 Å². The van der Waals surface area contributed by atoms with Crippen LogP contribution < -0.4 is 5.32 Å². The summed E-state index contributed by atoms with van der Waals surface area (Å²) in [6.45, 7) is 1.56. The molecule has 3 aromatic heterocycles. The molecule has 1 unspecified atom stereocenters. The Balaban J connectivity index is 1.56. The predicted octanol–water partition coefficient (Wildman–Crippen LogP) is 2.57. The van der Waals surface area contributed by atoms with Crippen molar-refractivity contribution < 1.29 is 9.21 Å². The van der Waals surface area contributed by atoms with E-state index in [2.05, 4.69) is 26.6 Å². The van der Waals surface area contributed by atoms with E-state index in [4.69, 9.17) is 4.42 Å². The Morgan fingerprint density at radius 2 is 2.35 bits per heavy atom. The van der Waals surface area contributed by atoms with E-state index in [1.165, 1.54) is 5.57 Å². The maximum atomic E-state index is 11.2. The summed E-state index contributed by atoms with van der Waals surface area (Å²) < 4.78 is 7.36. The molecule has 7 nitrogen and oxygen atoms in total. The van der Waals surface area contributed by atoms with Crippen molar-refractivity contribution in [2.45, 2.75) is 45.1 Å². The van der Waals surface area contributed by atoms with Gasteiger partial charge in [0.15, 0.2) is 5.65 Å². The van der Waals surface area contributed by atoms with Gasteiger partial charge in [-0.15, -0.1) is 10.2 Å². The molecule has 0 radical (unpaired) electrons. The van der Waals surface area contributed by atoms with Crippen molar-refractivity contribution in [2.75, 3.05) is 0 Å². The molecule has 1 amide bonds. The van der Waals surface area contributed by atoms with Crippen LogP contribution in [-0.2, 0) is 17.6 Å². The number of allylic oxidation sites excluding steroid dienone is 1. The minimum atomic E-state index is 0.0225. The monoisotopic (exact) mass is 351 g/mol. The van der Waals surface area contributed by atoms with Crippen molar-refractivity contribution >= 4 is 17.1 Å². The highest BCUT2D eigenvalue weighted by Crippen LogP contribution is 2.29. The highest BCUT2D eigenvalue weighted by atomic mass is 16.3. The highest BCUT2D eigenvalue weighted by Gasteiger charge is 2.19. The van der Waals surface area contributed by atoms with Crippen LogP contribution >= 0.6 is 0 Å². The standard InChI is InChI=1S/C19H21N5O2/c1-13(25)22-15-6-4-14(5-7-15)17-11-20-18(24-12-21-23-19(17)24)9-8-16-3-2-10-26-16/h2-4,10-12,15H,5-9H2,1H3,(H,22,25). The number of nitrogens with zero attached hydrogens (tertiary/aromatic N) is 4. The highest BCUT2D eigenvalue weighted by molar-refractivity contribution is 5.76. The quantitative estimate of drug-likeness (QED) is 0.763. The molecular weight excluding hydrogens is 330 g/mol. The Bertz CT molecular complexity index is 942. The largest absolute Gasteiger partial charge is 0.469 e. The second-order valence-corrected chi connectivity index (χ2v) is 6.59. The second-order valence-electron chi connectivity index (χ2n) is 6.59. The zero-order valence-corrected chi connectivity index (χ0v) is 14.7. The van der Waals surface area contributed by atoms with Crippen LogP contribution in [-0.4, -0.2) is 31.5 Å². The maximum absolute atomic E-state index is 11.2. The Hall–Kier alpha value is -2.96. The van der Waals surface area contributed by atoms with Gasteiger partial charge in [0.1, 0.15) is 17.9 Å². The third kappa shape index (κ3) is 3.37. The van der Waals surface area contributed by atoms with E-state index in [-0.39, 0.29) is 11.9 Å². The van der Waals surface area contributed by atoms with Crippen molar-refractivity contribution in [3.8, 4) is 0 Å². The van der Waals surface area contributed by atoms with E-state index < -0.39 is 0 Å². The van der Waals surface area contributed by atoms with Gasteiger partial charge in [0.2, 0.25) is 5.91 Å². The van der Waals surface area contributed by atoms with Crippen LogP contribution in [0.25, 0.3) is 11.2 Å². The molecule has 4 rings (SSSR count). The number of hydrogen-bond acceptors (Lipinski definition) is 5. The first-order valence-corrected chi connectivity index (χ1v) is 8.87. The number of nitrogens with one attached hydrogen (secondary N) is 1. The number of carbonyl (C=O) groups is 1. The zero-order valence-electron chi connectivity index (χ0n) is 14.7. The molecule has 1 aliphatic carbocycles. The number of aryl methyl sites for hydroxylation is 2. The number of amides is 1. The first-order chi connectivity index (χ1) is 12.7. The minimum Gasteiger partial charge on any atom is -0.469 e. The van der Waals surface area contributed by atoms with Crippen molar-refractivity contribution in [3.05, 3.63) is 54.1 Å². The molecule has 0 bridgehead atoms. The van der Waals surface area contributed by atoms with Crippen molar-refractivity contribution in [2.24, 2.45) is 0 Å². The predicted molar refractivity (Wildman–Crippen MR) is 96.3 cm³/mol. The van der Waals surface area contributed by atoms with Crippen LogP contribution in [0.1, 0.15) is 43.3 Å². The van der Waals surface area contributed by atoms with Gasteiger partial charge in [-0.3, -0.25) is 9.20 Å². The molecule has 3 aromatic rings. The summed E-state index contributed by atoms with van der Waals surface area (Å²) in [5.74, 6) is 1.88. The van der Waals surface area contributed by atoms with Gasteiger partial charge in [-0.25, -0.2) is 4.98 Å².